The predicted octanol–water partition coefficient (Wildman–Crippen LogP) is 2.76. The number of nitrogens with zero attached hydrogens (tertiary/aromatic N) is 1. The molecule has 2 rings (SSSR count). The van der Waals surface area contributed by atoms with E-state index in [0.717, 1.165) is 5.69 Å². The molecule has 1 heterocycles. The topological polar surface area (TPSA) is 79.0 Å². The highest BCUT2D eigenvalue weighted by Crippen LogP contribution is 2.23. The number of carbonyl (C=O) groups excluding carboxylic acids is 1. The average Bonchev–Trinajstić information content (AvgIpc) is 2.77. The predicted molar refractivity (Wildman–Crippen MR) is 73.6 cm³/mol. The van der Waals surface area contributed by atoms with E-state index in [1.165, 1.54) is 0 Å². The molecule has 2 aromatic rings. The molecule has 0 aliphatic rings. The summed E-state index contributed by atoms with van der Waals surface area (Å²) in [5.74, 6) is 1.11. The number of anilines is 2. The molecule has 1 aromatic carbocycles. The number of carbonyl (C=O) groups is 1. The van der Waals surface area contributed by atoms with Crippen molar-refractivity contribution in [1.29, 1.82) is 0 Å². The third kappa shape index (κ3) is 3.48. The van der Waals surface area contributed by atoms with Crippen molar-refractivity contribution in [1.82, 2.24) is 10.2 Å². The van der Waals surface area contributed by atoms with E-state index in [1.54, 1.807) is 18.2 Å². The van der Waals surface area contributed by atoms with Gasteiger partial charge in [-0.25, -0.2) is 4.79 Å². The Morgan fingerprint density at radius 1 is 1.37 bits per heavy atom. The van der Waals surface area contributed by atoms with Crippen LogP contribution in [0.25, 0.3) is 0 Å². The van der Waals surface area contributed by atoms with E-state index in [0.29, 0.717) is 23.9 Å². The summed E-state index contributed by atoms with van der Waals surface area (Å²) in [6.45, 7) is 4.29. The van der Waals surface area contributed by atoms with E-state index in [2.05, 4.69) is 20.8 Å². The van der Waals surface area contributed by atoms with Crippen molar-refractivity contribution in [3.8, 4) is 5.75 Å². The average molecular weight is 260 g/mol. The van der Waals surface area contributed by atoms with Crippen LogP contribution in [-0.4, -0.2) is 22.8 Å². The lowest BCUT2D eigenvalue weighted by Gasteiger charge is -2.11. The third-order valence-electron chi connectivity index (χ3n) is 2.38. The minimum atomic E-state index is -0.362. The van der Waals surface area contributed by atoms with Crippen LogP contribution in [0.2, 0.25) is 0 Å². The second-order valence-electron chi connectivity index (χ2n) is 3.94. The van der Waals surface area contributed by atoms with E-state index in [-0.39, 0.29) is 6.03 Å². The molecule has 3 N–H and O–H groups in total. The van der Waals surface area contributed by atoms with Crippen molar-refractivity contribution in [2.75, 3.05) is 17.2 Å². The Hall–Kier alpha value is -2.50. The Morgan fingerprint density at radius 3 is 2.84 bits per heavy atom. The summed E-state index contributed by atoms with van der Waals surface area (Å²) >= 11 is 0. The van der Waals surface area contributed by atoms with Gasteiger partial charge < -0.3 is 10.1 Å². The summed E-state index contributed by atoms with van der Waals surface area (Å²) in [5.41, 5.74) is 1.50. The van der Waals surface area contributed by atoms with Crippen LogP contribution < -0.4 is 15.4 Å². The zero-order chi connectivity index (χ0) is 13.7. The van der Waals surface area contributed by atoms with Crippen molar-refractivity contribution >= 4 is 17.5 Å². The van der Waals surface area contributed by atoms with Gasteiger partial charge in [-0.2, -0.15) is 5.10 Å². The summed E-state index contributed by atoms with van der Waals surface area (Å²) < 4.78 is 5.43. The monoisotopic (exact) mass is 260 g/mol. The molecule has 0 saturated carbocycles. The molecule has 0 spiro atoms. The van der Waals surface area contributed by atoms with Crippen molar-refractivity contribution < 1.29 is 9.53 Å². The summed E-state index contributed by atoms with van der Waals surface area (Å²) in [4.78, 5) is 11.8. The van der Waals surface area contributed by atoms with Gasteiger partial charge in [0.15, 0.2) is 5.82 Å². The van der Waals surface area contributed by atoms with Gasteiger partial charge in [0.25, 0.3) is 0 Å². The van der Waals surface area contributed by atoms with Crippen LogP contribution in [0.15, 0.2) is 30.3 Å². The number of ether oxygens (including phenoxy) is 1. The number of H-pyrrole nitrogens is 1. The first-order valence-corrected chi connectivity index (χ1v) is 6.01. The molecule has 6 nitrogen and oxygen atoms in total. The zero-order valence-corrected chi connectivity index (χ0v) is 10.9. The Kier molecular flexibility index (Phi) is 4.02. The minimum Gasteiger partial charge on any atom is -0.492 e. The molecule has 0 atom stereocenters. The highest BCUT2D eigenvalue weighted by Gasteiger charge is 2.08. The van der Waals surface area contributed by atoms with Crippen molar-refractivity contribution in [2.24, 2.45) is 0 Å². The number of aryl methyl sites for hydroxylation is 1. The number of amides is 2. The molecule has 0 unspecified atom stereocenters. The van der Waals surface area contributed by atoms with Crippen LogP contribution in [0.5, 0.6) is 5.75 Å². The van der Waals surface area contributed by atoms with Crippen LogP contribution in [-0.2, 0) is 0 Å². The maximum atomic E-state index is 11.8. The molecular formula is C13H16N4O2. The number of hydrogen-bond donors (Lipinski definition) is 3. The molecular weight excluding hydrogens is 244 g/mol. The maximum absolute atomic E-state index is 11.8. The Morgan fingerprint density at radius 2 is 2.16 bits per heavy atom. The number of nitrogens with one attached hydrogen (secondary N) is 3. The molecule has 0 aliphatic carbocycles. The first-order chi connectivity index (χ1) is 9.19. The normalized spacial score (nSPS) is 10.0. The molecule has 2 amide bonds. The van der Waals surface area contributed by atoms with Crippen LogP contribution in [0.4, 0.5) is 16.3 Å². The summed E-state index contributed by atoms with van der Waals surface area (Å²) in [6, 6.07) is 8.65. The van der Waals surface area contributed by atoms with Crippen LogP contribution in [0, 0.1) is 6.92 Å². The van der Waals surface area contributed by atoms with Gasteiger partial charge in [-0.3, -0.25) is 10.4 Å². The largest absolute Gasteiger partial charge is 0.492 e. The maximum Gasteiger partial charge on any atom is 0.325 e. The molecule has 0 bridgehead atoms. The van der Waals surface area contributed by atoms with Gasteiger partial charge in [0.05, 0.1) is 12.3 Å². The molecule has 1 aromatic heterocycles. The van der Waals surface area contributed by atoms with Gasteiger partial charge in [0.1, 0.15) is 5.75 Å². The van der Waals surface area contributed by atoms with Gasteiger partial charge in [-0.05, 0) is 26.0 Å². The van der Waals surface area contributed by atoms with E-state index in [9.17, 15) is 4.79 Å². The van der Waals surface area contributed by atoms with Crippen LogP contribution >= 0.6 is 0 Å². The van der Waals surface area contributed by atoms with Crippen molar-refractivity contribution in [3.05, 3.63) is 36.0 Å². The van der Waals surface area contributed by atoms with Gasteiger partial charge in [-0.1, -0.05) is 12.1 Å². The highest BCUT2D eigenvalue weighted by atomic mass is 16.5. The molecule has 100 valence electrons. The SMILES string of the molecule is CCOc1ccccc1NC(=O)Nc1cc(C)[nH]n1. The minimum absolute atomic E-state index is 0.362. The van der Waals surface area contributed by atoms with E-state index < -0.39 is 0 Å². The first kappa shape index (κ1) is 12.9. The van der Waals surface area contributed by atoms with Crippen molar-refractivity contribution in [2.45, 2.75) is 13.8 Å². The Labute approximate surface area is 111 Å². The summed E-state index contributed by atoms with van der Waals surface area (Å²) in [7, 11) is 0. The molecule has 0 saturated heterocycles. The number of benzene rings is 1. The number of para-hydroxylation sites is 2. The molecule has 6 heteroatoms. The Bertz CT molecular complexity index is 565. The fourth-order valence-electron chi connectivity index (χ4n) is 1.60. The number of rotatable bonds is 4. The number of hydrogen-bond acceptors (Lipinski definition) is 3. The van der Waals surface area contributed by atoms with Gasteiger partial charge >= 0.3 is 6.03 Å². The molecule has 0 radical (unpaired) electrons. The van der Waals surface area contributed by atoms with Gasteiger partial charge in [-0.15, -0.1) is 0 Å². The summed E-state index contributed by atoms with van der Waals surface area (Å²) in [6.07, 6.45) is 0. The van der Waals surface area contributed by atoms with Gasteiger partial charge in [0.2, 0.25) is 0 Å². The molecule has 19 heavy (non-hydrogen) atoms. The third-order valence-corrected chi connectivity index (χ3v) is 2.38. The van der Waals surface area contributed by atoms with E-state index >= 15 is 0 Å². The Balaban J connectivity index is 2.02. The number of urea groups is 1. The standard InChI is InChI=1S/C13H16N4O2/c1-3-19-11-7-5-4-6-10(11)14-13(18)15-12-8-9(2)16-17-12/h4-8H,3H2,1-2H3,(H3,14,15,16,17,18). The lowest BCUT2D eigenvalue weighted by atomic mass is 10.3. The second-order valence-corrected chi connectivity index (χ2v) is 3.94. The van der Waals surface area contributed by atoms with E-state index in [4.69, 9.17) is 4.74 Å². The zero-order valence-electron chi connectivity index (χ0n) is 10.9. The van der Waals surface area contributed by atoms with Crippen LogP contribution in [0.1, 0.15) is 12.6 Å². The molecule has 0 aliphatic heterocycles. The molecule has 0 fully saturated rings. The number of aromatic amines is 1. The second kappa shape index (κ2) is 5.90. The quantitative estimate of drug-likeness (QED) is 0.790. The highest BCUT2D eigenvalue weighted by molar-refractivity contribution is 6.00. The first-order valence-electron chi connectivity index (χ1n) is 6.01. The number of aromatic nitrogens is 2. The van der Waals surface area contributed by atoms with Crippen LogP contribution in [0.3, 0.4) is 0 Å². The smallest absolute Gasteiger partial charge is 0.325 e. The lowest BCUT2D eigenvalue weighted by Crippen LogP contribution is -2.20. The lowest BCUT2D eigenvalue weighted by molar-refractivity contribution is 0.262. The van der Waals surface area contributed by atoms with E-state index in [1.807, 2.05) is 26.0 Å². The fraction of sp³-hybridized carbons (Fsp3) is 0.231. The fourth-order valence-corrected chi connectivity index (χ4v) is 1.60. The summed E-state index contributed by atoms with van der Waals surface area (Å²) in [5, 5.41) is 12.0. The van der Waals surface area contributed by atoms with Gasteiger partial charge in [0, 0.05) is 11.8 Å². The van der Waals surface area contributed by atoms with Crippen molar-refractivity contribution in [3.63, 3.8) is 0 Å².